The van der Waals surface area contributed by atoms with Crippen LogP contribution in [0.25, 0.3) is 0 Å². The van der Waals surface area contributed by atoms with E-state index in [1.165, 1.54) is 35.2 Å². The largest absolute Gasteiger partial charge is 0.364 e. The first-order valence-corrected chi connectivity index (χ1v) is 7.26. The molecule has 1 aliphatic rings. The number of nitrogens with two attached hydrogens (primary N) is 1. The molecule has 1 aliphatic heterocycles. The first-order valence-electron chi connectivity index (χ1n) is 7.26. The van der Waals surface area contributed by atoms with E-state index < -0.39 is 0 Å². The van der Waals surface area contributed by atoms with Crippen LogP contribution in [0.1, 0.15) is 35.6 Å². The lowest BCUT2D eigenvalue weighted by atomic mass is 10.0. The highest BCUT2D eigenvalue weighted by Gasteiger charge is 2.26. The van der Waals surface area contributed by atoms with Gasteiger partial charge in [-0.2, -0.15) is 0 Å². The smallest absolute Gasteiger partial charge is 0.0558 e. The van der Waals surface area contributed by atoms with Crippen molar-refractivity contribution < 1.29 is 0 Å². The van der Waals surface area contributed by atoms with E-state index in [1.807, 2.05) is 18.5 Å². The second-order valence-corrected chi connectivity index (χ2v) is 5.45. The zero-order chi connectivity index (χ0) is 13.9. The molecule has 3 nitrogen and oxygen atoms in total. The molecule has 0 saturated carbocycles. The second-order valence-electron chi connectivity index (χ2n) is 5.45. The van der Waals surface area contributed by atoms with Gasteiger partial charge in [0.1, 0.15) is 0 Å². The number of anilines is 1. The molecule has 1 aromatic carbocycles. The van der Waals surface area contributed by atoms with Gasteiger partial charge in [0.15, 0.2) is 0 Å². The van der Waals surface area contributed by atoms with Gasteiger partial charge in [0.25, 0.3) is 0 Å². The molecule has 0 spiro atoms. The predicted molar refractivity (Wildman–Crippen MR) is 82.6 cm³/mol. The zero-order valence-corrected chi connectivity index (χ0v) is 11.9. The summed E-state index contributed by atoms with van der Waals surface area (Å²) in [6.45, 7) is 3.86. The maximum atomic E-state index is 5.75. The Morgan fingerprint density at radius 3 is 2.95 bits per heavy atom. The minimum atomic E-state index is 0.451. The molecule has 3 heteroatoms. The van der Waals surface area contributed by atoms with E-state index >= 15 is 0 Å². The van der Waals surface area contributed by atoms with Crippen LogP contribution in [0.2, 0.25) is 0 Å². The Morgan fingerprint density at radius 2 is 2.25 bits per heavy atom. The molecule has 0 aliphatic carbocycles. The van der Waals surface area contributed by atoms with Crippen molar-refractivity contribution >= 4 is 5.69 Å². The Balaban J connectivity index is 1.91. The summed E-state index contributed by atoms with van der Waals surface area (Å²) in [5, 5.41) is 0. The Kier molecular flexibility index (Phi) is 3.70. The fourth-order valence-corrected chi connectivity index (χ4v) is 3.08. The second kappa shape index (κ2) is 5.63. The summed E-state index contributed by atoms with van der Waals surface area (Å²) in [6.07, 6.45) is 6.26. The average molecular weight is 267 g/mol. The molecule has 0 radical (unpaired) electrons. The number of aryl methyl sites for hydroxylation is 1. The van der Waals surface area contributed by atoms with Gasteiger partial charge in [-0.3, -0.25) is 4.98 Å². The van der Waals surface area contributed by atoms with Gasteiger partial charge in [0.05, 0.1) is 6.04 Å². The van der Waals surface area contributed by atoms with Gasteiger partial charge in [-0.1, -0.05) is 12.1 Å². The lowest BCUT2D eigenvalue weighted by Crippen LogP contribution is -2.22. The summed E-state index contributed by atoms with van der Waals surface area (Å²) in [5.41, 5.74) is 10.9. The molecular weight excluding hydrogens is 246 g/mol. The van der Waals surface area contributed by atoms with Gasteiger partial charge < -0.3 is 10.6 Å². The fourth-order valence-electron chi connectivity index (χ4n) is 3.08. The minimum absolute atomic E-state index is 0.451. The summed E-state index contributed by atoms with van der Waals surface area (Å²) in [7, 11) is 0. The molecule has 2 heterocycles. The van der Waals surface area contributed by atoms with Gasteiger partial charge >= 0.3 is 0 Å². The first-order chi connectivity index (χ1) is 9.79. The van der Waals surface area contributed by atoms with Crippen molar-refractivity contribution in [1.82, 2.24) is 4.98 Å². The number of aromatic nitrogens is 1. The Morgan fingerprint density at radius 1 is 1.35 bits per heavy atom. The van der Waals surface area contributed by atoms with Crippen molar-refractivity contribution in [1.29, 1.82) is 0 Å². The normalized spacial score (nSPS) is 18.5. The van der Waals surface area contributed by atoms with Crippen molar-refractivity contribution in [3.8, 4) is 0 Å². The molecule has 1 fully saturated rings. The molecular formula is C17H21N3. The van der Waals surface area contributed by atoms with E-state index in [-0.39, 0.29) is 0 Å². The third kappa shape index (κ3) is 2.41. The minimum Gasteiger partial charge on any atom is -0.364 e. The van der Waals surface area contributed by atoms with Crippen LogP contribution in [0.4, 0.5) is 5.69 Å². The summed E-state index contributed by atoms with van der Waals surface area (Å²) < 4.78 is 0. The number of benzene rings is 1. The highest BCUT2D eigenvalue weighted by Crippen LogP contribution is 2.36. The average Bonchev–Trinajstić information content (AvgIpc) is 2.97. The number of hydrogen-bond acceptors (Lipinski definition) is 3. The van der Waals surface area contributed by atoms with Crippen LogP contribution in [0.5, 0.6) is 0 Å². The van der Waals surface area contributed by atoms with Crippen molar-refractivity contribution in [2.24, 2.45) is 5.73 Å². The van der Waals surface area contributed by atoms with E-state index in [9.17, 15) is 0 Å². The summed E-state index contributed by atoms with van der Waals surface area (Å²) in [4.78, 5) is 6.75. The van der Waals surface area contributed by atoms with Gasteiger partial charge in [-0.25, -0.2) is 0 Å². The van der Waals surface area contributed by atoms with E-state index in [0.29, 0.717) is 12.6 Å². The molecule has 1 unspecified atom stereocenters. The van der Waals surface area contributed by atoms with Crippen molar-refractivity contribution in [2.45, 2.75) is 32.4 Å². The first kappa shape index (κ1) is 13.1. The van der Waals surface area contributed by atoms with Gasteiger partial charge in [0.2, 0.25) is 0 Å². The molecule has 1 saturated heterocycles. The molecule has 1 atom stereocenters. The summed E-state index contributed by atoms with van der Waals surface area (Å²) in [5.74, 6) is 0. The number of rotatable bonds is 3. The van der Waals surface area contributed by atoms with E-state index in [2.05, 4.69) is 41.1 Å². The molecule has 2 N–H and O–H groups in total. The van der Waals surface area contributed by atoms with Gasteiger partial charge in [0, 0.05) is 31.2 Å². The molecule has 3 rings (SSSR count). The molecule has 1 aromatic heterocycles. The van der Waals surface area contributed by atoms with E-state index in [0.717, 1.165) is 6.54 Å². The van der Waals surface area contributed by atoms with E-state index in [4.69, 9.17) is 5.73 Å². The molecule has 0 bridgehead atoms. The van der Waals surface area contributed by atoms with Gasteiger partial charge in [-0.15, -0.1) is 0 Å². The number of hydrogen-bond donors (Lipinski definition) is 1. The lowest BCUT2D eigenvalue weighted by molar-refractivity contribution is 0.715. The Hall–Kier alpha value is -1.87. The third-order valence-corrected chi connectivity index (χ3v) is 4.20. The molecule has 104 valence electrons. The maximum absolute atomic E-state index is 5.75. The van der Waals surface area contributed by atoms with Crippen LogP contribution in [-0.2, 0) is 6.54 Å². The highest BCUT2D eigenvalue weighted by molar-refractivity contribution is 5.53. The van der Waals surface area contributed by atoms with Crippen LogP contribution in [0, 0.1) is 6.92 Å². The van der Waals surface area contributed by atoms with Crippen LogP contribution >= 0.6 is 0 Å². The van der Waals surface area contributed by atoms with Crippen molar-refractivity contribution in [2.75, 3.05) is 11.4 Å². The van der Waals surface area contributed by atoms with Gasteiger partial charge in [-0.05, 0) is 54.7 Å². The molecule has 2 aromatic rings. The third-order valence-electron chi connectivity index (χ3n) is 4.20. The standard InChI is InChI=1S/C17H21N3/c1-13-10-16(7-6-14(13)11-18)20-9-3-5-17(20)15-4-2-8-19-12-15/h2,4,6-8,10,12,17H,3,5,9,11,18H2,1H3. The van der Waals surface area contributed by atoms with E-state index in [1.54, 1.807) is 0 Å². The van der Waals surface area contributed by atoms with Crippen LogP contribution in [0.15, 0.2) is 42.7 Å². The predicted octanol–water partition coefficient (Wildman–Crippen LogP) is 3.19. The monoisotopic (exact) mass is 267 g/mol. The maximum Gasteiger partial charge on any atom is 0.0558 e. The molecule has 0 amide bonds. The van der Waals surface area contributed by atoms with Crippen LogP contribution in [-0.4, -0.2) is 11.5 Å². The number of pyridine rings is 1. The van der Waals surface area contributed by atoms with Crippen LogP contribution in [0.3, 0.4) is 0 Å². The Labute approximate surface area is 120 Å². The lowest BCUT2D eigenvalue weighted by Gasteiger charge is -2.27. The molecule has 20 heavy (non-hydrogen) atoms. The van der Waals surface area contributed by atoms with Crippen LogP contribution < -0.4 is 10.6 Å². The summed E-state index contributed by atoms with van der Waals surface area (Å²) >= 11 is 0. The fraction of sp³-hybridized carbons (Fsp3) is 0.353. The quantitative estimate of drug-likeness (QED) is 0.928. The summed E-state index contributed by atoms with van der Waals surface area (Å²) in [6, 6.07) is 11.3. The van der Waals surface area contributed by atoms with Crippen molar-refractivity contribution in [3.63, 3.8) is 0 Å². The Bertz CT molecular complexity index is 580. The highest BCUT2D eigenvalue weighted by atomic mass is 15.2. The topological polar surface area (TPSA) is 42.2 Å². The SMILES string of the molecule is Cc1cc(N2CCCC2c2cccnc2)ccc1CN. The number of nitrogens with zero attached hydrogens (tertiary/aromatic N) is 2. The zero-order valence-electron chi connectivity index (χ0n) is 11.9. The van der Waals surface area contributed by atoms with Crippen molar-refractivity contribution in [3.05, 3.63) is 59.4 Å².